The predicted molar refractivity (Wildman–Crippen MR) is 97.8 cm³/mol. The van der Waals surface area contributed by atoms with E-state index in [4.69, 9.17) is 4.74 Å². The largest absolute Gasteiger partial charge is 0.426 e. The molecule has 0 N–H and O–H groups in total. The van der Waals surface area contributed by atoms with E-state index in [9.17, 15) is 13.6 Å². The fourth-order valence-corrected chi connectivity index (χ4v) is 4.92. The van der Waals surface area contributed by atoms with Crippen molar-refractivity contribution in [2.45, 2.75) is 71.1 Å². The highest BCUT2D eigenvalue weighted by molar-refractivity contribution is 5.75. The molecular weight excluding hydrogens is 334 g/mol. The molecule has 4 heteroatoms. The Morgan fingerprint density at radius 2 is 1.58 bits per heavy atom. The van der Waals surface area contributed by atoms with Crippen LogP contribution in [0, 0.1) is 35.3 Å². The molecule has 2 aliphatic carbocycles. The number of esters is 1. The predicted octanol–water partition coefficient (Wildman–Crippen LogP) is 6.28. The van der Waals surface area contributed by atoms with E-state index in [1.807, 2.05) is 0 Å². The van der Waals surface area contributed by atoms with Crippen LogP contribution in [0.15, 0.2) is 18.2 Å². The molecule has 0 bridgehead atoms. The van der Waals surface area contributed by atoms with Gasteiger partial charge in [-0.3, -0.25) is 4.79 Å². The highest BCUT2D eigenvalue weighted by atomic mass is 19.2. The molecule has 0 saturated heterocycles. The Bertz CT molecular complexity index is 600. The molecule has 0 aliphatic heterocycles. The summed E-state index contributed by atoms with van der Waals surface area (Å²) in [7, 11) is 0. The van der Waals surface area contributed by atoms with E-state index in [2.05, 4.69) is 6.92 Å². The first-order valence-electron chi connectivity index (χ1n) is 10.2. The van der Waals surface area contributed by atoms with E-state index in [1.54, 1.807) is 0 Å². The second-order valence-corrected chi connectivity index (χ2v) is 8.18. The van der Waals surface area contributed by atoms with Crippen molar-refractivity contribution in [2.75, 3.05) is 0 Å². The number of hydrogen-bond acceptors (Lipinski definition) is 2. The van der Waals surface area contributed by atoms with E-state index in [0.29, 0.717) is 0 Å². The molecule has 2 nitrogen and oxygen atoms in total. The lowest BCUT2D eigenvalue weighted by molar-refractivity contribution is -0.140. The second kappa shape index (κ2) is 8.96. The number of rotatable bonds is 5. The van der Waals surface area contributed by atoms with Crippen LogP contribution < -0.4 is 4.74 Å². The van der Waals surface area contributed by atoms with E-state index >= 15 is 0 Å². The molecule has 1 aromatic carbocycles. The van der Waals surface area contributed by atoms with Gasteiger partial charge in [-0.25, -0.2) is 8.78 Å². The minimum atomic E-state index is -0.988. The first-order valence-corrected chi connectivity index (χ1v) is 10.2. The smallest absolute Gasteiger partial charge is 0.314 e. The topological polar surface area (TPSA) is 26.3 Å². The number of halogens is 2. The monoisotopic (exact) mass is 364 g/mol. The number of hydrogen-bond donors (Lipinski definition) is 0. The molecule has 2 saturated carbocycles. The van der Waals surface area contributed by atoms with Crippen LogP contribution in [0.4, 0.5) is 8.78 Å². The fourth-order valence-electron chi connectivity index (χ4n) is 4.92. The number of benzene rings is 1. The molecule has 0 heterocycles. The highest BCUT2D eigenvalue weighted by Crippen LogP contribution is 2.42. The Morgan fingerprint density at radius 1 is 0.962 bits per heavy atom. The average Bonchev–Trinajstić information content (AvgIpc) is 2.66. The zero-order chi connectivity index (χ0) is 18.5. The van der Waals surface area contributed by atoms with E-state index < -0.39 is 11.6 Å². The Balaban J connectivity index is 1.44. The third-order valence-electron chi connectivity index (χ3n) is 6.47. The van der Waals surface area contributed by atoms with Crippen molar-refractivity contribution >= 4 is 5.97 Å². The van der Waals surface area contributed by atoms with Gasteiger partial charge in [-0.05, 0) is 68.4 Å². The molecule has 0 radical (unpaired) electrons. The quantitative estimate of drug-likeness (QED) is 0.454. The Morgan fingerprint density at radius 3 is 2.15 bits per heavy atom. The minimum absolute atomic E-state index is 0.0882. The number of carbonyl (C=O) groups is 1. The maximum absolute atomic E-state index is 13.2. The van der Waals surface area contributed by atoms with Gasteiger partial charge in [0.15, 0.2) is 11.6 Å². The number of ether oxygens (including phenoxy) is 1. The van der Waals surface area contributed by atoms with Crippen LogP contribution in [0.5, 0.6) is 5.75 Å². The third-order valence-corrected chi connectivity index (χ3v) is 6.47. The normalized spacial score (nSPS) is 29.3. The van der Waals surface area contributed by atoms with Gasteiger partial charge in [-0.2, -0.15) is 0 Å². The third kappa shape index (κ3) is 4.83. The molecule has 0 spiro atoms. The molecular formula is C22H30F2O2. The van der Waals surface area contributed by atoms with Crippen LogP contribution in [-0.2, 0) is 4.79 Å². The lowest BCUT2D eigenvalue weighted by atomic mass is 9.69. The molecule has 0 unspecified atom stereocenters. The maximum atomic E-state index is 13.2. The fraction of sp³-hybridized carbons (Fsp3) is 0.682. The van der Waals surface area contributed by atoms with Crippen LogP contribution in [0.25, 0.3) is 0 Å². The van der Waals surface area contributed by atoms with Gasteiger partial charge in [-0.1, -0.05) is 32.6 Å². The summed E-state index contributed by atoms with van der Waals surface area (Å²) in [5.41, 5.74) is 0. The average molecular weight is 364 g/mol. The van der Waals surface area contributed by atoms with Gasteiger partial charge in [0.25, 0.3) is 0 Å². The van der Waals surface area contributed by atoms with Crippen LogP contribution in [0.3, 0.4) is 0 Å². The summed E-state index contributed by atoms with van der Waals surface area (Å²) in [6.07, 6.45) is 12.0. The molecule has 26 heavy (non-hydrogen) atoms. The van der Waals surface area contributed by atoms with Gasteiger partial charge in [0.2, 0.25) is 0 Å². The van der Waals surface area contributed by atoms with Crippen molar-refractivity contribution < 1.29 is 18.3 Å². The van der Waals surface area contributed by atoms with Gasteiger partial charge in [-0.15, -0.1) is 0 Å². The van der Waals surface area contributed by atoms with Crippen LogP contribution in [0.1, 0.15) is 71.1 Å². The van der Waals surface area contributed by atoms with Gasteiger partial charge < -0.3 is 4.74 Å². The van der Waals surface area contributed by atoms with E-state index in [-0.39, 0.29) is 17.6 Å². The van der Waals surface area contributed by atoms with Crippen molar-refractivity contribution in [3.63, 3.8) is 0 Å². The van der Waals surface area contributed by atoms with Gasteiger partial charge >= 0.3 is 5.97 Å². The Hall–Kier alpha value is -1.45. The summed E-state index contributed by atoms with van der Waals surface area (Å²) >= 11 is 0. The molecule has 1 aromatic rings. The van der Waals surface area contributed by atoms with Gasteiger partial charge in [0.05, 0.1) is 5.92 Å². The molecule has 2 fully saturated rings. The van der Waals surface area contributed by atoms with Crippen LogP contribution in [0.2, 0.25) is 0 Å². The Kier molecular flexibility index (Phi) is 6.66. The summed E-state index contributed by atoms with van der Waals surface area (Å²) in [5, 5.41) is 0. The SMILES string of the molecule is CCC[C@H]1CC[C@H](C2CCC(C(=O)Oc3ccc(F)c(F)c3)CC2)CC1. The number of carbonyl (C=O) groups excluding carboxylic acids is 1. The second-order valence-electron chi connectivity index (χ2n) is 8.18. The lowest BCUT2D eigenvalue weighted by Crippen LogP contribution is -2.30. The molecule has 3 rings (SSSR count). The van der Waals surface area contributed by atoms with Crippen LogP contribution >= 0.6 is 0 Å². The highest BCUT2D eigenvalue weighted by Gasteiger charge is 2.33. The summed E-state index contributed by atoms with van der Waals surface area (Å²) in [4.78, 5) is 12.3. The summed E-state index contributed by atoms with van der Waals surface area (Å²) in [6, 6.07) is 3.23. The molecule has 0 amide bonds. The van der Waals surface area contributed by atoms with E-state index in [0.717, 1.165) is 55.6 Å². The molecule has 2 aliphatic rings. The zero-order valence-corrected chi connectivity index (χ0v) is 15.7. The summed E-state index contributed by atoms with van der Waals surface area (Å²) < 4.78 is 31.5. The lowest BCUT2D eigenvalue weighted by Gasteiger charge is -2.37. The van der Waals surface area contributed by atoms with Gasteiger partial charge in [0.1, 0.15) is 5.75 Å². The minimum Gasteiger partial charge on any atom is -0.426 e. The van der Waals surface area contributed by atoms with Crippen molar-refractivity contribution in [2.24, 2.45) is 23.7 Å². The summed E-state index contributed by atoms with van der Waals surface area (Å²) in [5.74, 6) is 0.244. The van der Waals surface area contributed by atoms with E-state index in [1.165, 1.54) is 44.6 Å². The standard InChI is InChI=1S/C22H30F2O2/c1-2-3-15-4-6-16(7-5-15)17-8-10-18(11-9-17)22(25)26-19-12-13-20(23)21(24)14-19/h12-18H,2-11H2,1H3/t15-,16-,17?,18?. The molecule has 144 valence electrons. The summed E-state index contributed by atoms with van der Waals surface area (Å²) in [6.45, 7) is 2.27. The van der Waals surface area contributed by atoms with Crippen molar-refractivity contribution in [3.05, 3.63) is 29.8 Å². The van der Waals surface area contributed by atoms with Crippen molar-refractivity contribution in [1.29, 1.82) is 0 Å². The van der Waals surface area contributed by atoms with Gasteiger partial charge in [0, 0.05) is 6.07 Å². The first kappa shape index (κ1) is 19.3. The molecule has 0 atom stereocenters. The van der Waals surface area contributed by atoms with Crippen LogP contribution in [-0.4, -0.2) is 5.97 Å². The van der Waals surface area contributed by atoms with Crippen molar-refractivity contribution in [1.82, 2.24) is 0 Å². The zero-order valence-electron chi connectivity index (χ0n) is 15.7. The maximum Gasteiger partial charge on any atom is 0.314 e. The van der Waals surface area contributed by atoms with Crippen molar-refractivity contribution in [3.8, 4) is 5.75 Å². The molecule has 0 aromatic heterocycles. The Labute approximate surface area is 155 Å². The first-order chi connectivity index (χ1) is 12.6.